The molecule has 0 N–H and O–H groups in total. The zero-order valence-corrected chi connectivity index (χ0v) is 11.5. The second kappa shape index (κ2) is 4.00. The maximum atomic E-state index is 4.69. The Kier molecular flexibility index (Phi) is 2.64. The summed E-state index contributed by atoms with van der Waals surface area (Å²) in [6.07, 6.45) is 1.29. The van der Waals surface area contributed by atoms with E-state index in [-0.39, 0.29) is 0 Å². The molecular weight excluding hydrogens is 284 g/mol. The molecule has 2 heterocycles. The molecule has 1 atom stereocenters. The van der Waals surface area contributed by atoms with Gasteiger partial charge in [0.1, 0.15) is 0 Å². The van der Waals surface area contributed by atoms with E-state index in [1.165, 1.54) is 16.3 Å². The summed E-state index contributed by atoms with van der Waals surface area (Å²) in [4.78, 5) is 7.10. The van der Waals surface area contributed by atoms with Crippen molar-refractivity contribution in [3.63, 3.8) is 0 Å². The third-order valence-corrected chi connectivity index (χ3v) is 4.61. The van der Waals surface area contributed by atoms with Crippen LogP contribution in [0.4, 0.5) is 5.13 Å². The fourth-order valence-electron chi connectivity index (χ4n) is 2.13. The van der Waals surface area contributed by atoms with Crippen molar-refractivity contribution in [2.75, 3.05) is 18.0 Å². The molecule has 2 nitrogen and oxygen atoms in total. The molecule has 0 bridgehead atoms. The van der Waals surface area contributed by atoms with Gasteiger partial charge >= 0.3 is 0 Å². The number of halogens is 1. The van der Waals surface area contributed by atoms with E-state index in [1.54, 1.807) is 11.3 Å². The molecule has 1 aromatic carbocycles. The number of fused-ring (bicyclic) bond motifs is 1. The van der Waals surface area contributed by atoms with Crippen LogP contribution in [0.3, 0.4) is 0 Å². The number of benzene rings is 1. The predicted molar refractivity (Wildman–Crippen MR) is 73.3 cm³/mol. The van der Waals surface area contributed by atoms with Gasteiger partial charge in [-0.25, -0.2) is 4.98 Å². The third-order valence-electron chi connectivity index (χ3n) is 3.03. The molecular formula is C12H13BrN2S. The first-order valence-electron chi connectivity index (χ1n) is 5.53. The van der Waals surface area contributed by atoms with Gasteiger partial charge in [0.15, 0.2) is 5.13 Å². The van der Waals surface area contributed by atoms with E-state index >= 15 is 0 Å². The average Bonchev–Trinajstić information content (AvgIpc) is 2.83. The Morgan fingerprint density at radius 1 is 1.50 bits per heavy atom. The number of nitrogens with zero attached hydrogens (tertiary/aromatic N) is 2. The Hall–Kier alpha value is -0.610. The lowest BCUT2D eigenvalue weighted by Gasteiger charge is -2.12. The van der Waals surface area contributed by atoms with Crippen LogP contribution in [0.25, 0.3) is 10.2 Å². The fraction of sp³-hybridized carbons (Fsp3) is 0.417. The van der Waals surface area contributed by atoms with Crippen LogP contribution in [0.1, 0.15) is 13.3 Å². The Morgan fingerprint density at radius 3 is 3.12 bits per heavy atom. The summed E-state index contributed by atoms with van der Waals surface area (Å²) in [5, 5.41) is 1.18. The molecule has 1 aromatic heterocycles. The molecule has 0 spiro atoms. The van der Waals surface area contributed by atoms with Crippen LogP contribution in [-0.2, 0) is 0 Å². The van der Waals surface area contributed by atoms with E-state index in [9.17, 15) is 0 Å². The number of aromatic nitrogens is 1. The number of rotatable bonds is 1. The summed E-state index contributed by atoms with van der Waals surface area (Å²) < 4.78 is 2.40. The lowest BCUT2D eigenvalue weighted by Crippen LogP contribution is -2.18. The summed E-state index contributed by atoms with van der Waals surface area (Å²) in [6, 6.07) is 6.29. The van der Waals surface area contributed by atoms with Crippen molar-refractivity contribution < 1.29 is 0 Å². The standard InChI is InChI=1S/C12H13BrN2S/c1-8-4-5-15(7-8)12-14-10-3-2-9(13)6-11(10)16-12/h2-3,6,8H,4-5,7H2,1H3/t8-/m1/s1. The smallest absolute Gasteiger partial charge is 0.186 e. The first-order chi connectivity index (χ1) is 7.72. The van der Waals surface area contributed by atoms with Gasteiger partial charge in [0, 0.05) is 17.6 Å². The number of hydrogen-bond acceptors (Lipinski definition) is 3. The third kappa shape index (κ3) is 1.84. The normalized spacial score (nSPS) is 20.9. The summed E-state index contributed by atoms with van der Waals surface area (Å²) >= 11 is 5.30. The molecule has 1 aliphatic heterocycles. The first-order valence-corrected chi connectivity index (χ1v) is 7.14. The van der Waals surface area contributed by atoms with Gasteiger partial charge in [-0.15, -0.1) is 0 Å². The summed E-state index contributed by atoms with van der Waals surface area (Å²) in [6.45, 7) is 4.62. The zero-order valence-electron chi connectivity index (χ0n) is 9.11. The van der Waals surface area contributed by atoms with Crippen LogP contribution >= 0.6 is 27.3 Å². The lowest BCUT2D eigenvalue weighted by atomic mass is 10.2. The van der Waals surface area contributed by atoms with Gasteiger partial charge in [-0.1, -0.05) is 34.2 Å². The Balaban J connectivity index is 1.99. The van der Waals surface area contributed by atoms with E-state index in [2.05, 4.69) is 46.0 Å². The molecule has 4 heteroatoms. The Labute approximate surface area is 107 Å². The van der Waals surface area contributed by atoms with Crippen LogP contribution in [0.15, 0.2) is 22.7 Å². The van der Waals surface area contributed by atoms with Gasteiger partial charge in [0.05, 0.1) is 10.2 Å². The minimum absolute atomic E-state index is 0.804. The molecule has 1 aliphatic rings. The van der Waals surface area contributed by atoms with Gasteiger partial charge in [-0.3, -0.25) is 0 Å². The molecule has 1 saturated heterocycles. The highest BCUT2D eigenvalue weighted by atomic mass is 79.9. The first kappa shape index (κ1) is 10.5. The molecule has 1 fully saturated rings. The summed E-state index contributed by atoms with van der Waals surface area (Å²) in [5.41, 5.74) is 1.11. The molecule has 84 valence electrons. The van der Waals surface area contributed by atoms with Crippen LogP contribution in [0.2, 0.25) is 0 Å². The lowest BCUT2D eigenvalue weighted by molar-refractivity contribution is 0.659. The second-order valence-corrected chi connectivity index (χ2v) is 6.37. The minimum Gasteiger partial charge on any atom is -0.348 e. The predicted octanol–water partition coefficient (Wildman–Crippen LogP) is 3.91. The van der Waals surface area contributed by atoms with Crippen molar-refractivity contribution in [2.45, 2.75) is 13.3 Å². The molecule has 16 heavy (non-hydrogen) atoms. The number of hydrogen-bond donors (Lipinski definition) is 0. The van der Waals surface area contributed by atoms with Crippen molar-refractivity contribution in [3.05, 3.63) is 22.7 Å². The fourth-order valence-corrected chi connectivity index (χ4v) is 3.68. The Morgan fingerprint density at radius 2 is 2.38 bits per heavy atom. The number of thiazole rings is 1. The van der Waals surface area contributed by atoms with E-state index in [1.807, 2.05) is 0 Å². The van der Waals surface area contributed by atoms with Gasteiger partial charge in [0.25, 0.3) is 0 Å². The van der Waals surface area contributed by atoms with Crippen LogP contribution in [0, 0.1) is 5.92 Å². The van der Waals surface area contributed by atoms with Crippen molar-refractivity contribution in [1.82, 2.24) is 4.98 Å². The van der Waals surface area contributed by atoms with Crippen molar-refractivity contribution >= 4 is 42.6 Å². The second-order valence-electron chi connectivity index (χ2n) is 4.45. The highest BCUT2D eigenvalue weighted by Crippen LogP contribution is 2.33. The van der Waals surface area contributed by atoms with E-state index in [0.717, 1.165) is 29.0 Å². The van der Waals surface area contributed by atoms with E-state index in [4.69, 9.17) is 4.98 Å². The van der Waals surface area contributed by atoms with E-state index < -0.39 is 0 Å². The maximum Gasteiger partial charge on any atom is 0.186 e. The average molecular weight is 297 g/mol. The van der Waals surface area contributed by atoms with Gasteiger partial charge in [0.2, 0.25) is 0 Å². The molecule has 0 aliphatic carbocycles. The highest BCUT2D eigenvalue weighted by molar-refractivity contribution is 9.10. The SMILES string of the molecule is C[C@@H]1CCN(c2nc3ccc(Br)cc3s2)C1. The molecule has 0 amide bonds. The van der Waals surface area contributed by atoms with Crippen LogP contribution in [-0.4, -0.2) is 18.1 Å². The monoisotopic (exact) mass is 296 g/mol. The maximum absolute atomic E-state index is 4.69. The van der Waals surface area contributed by atoms with Crippen molar-refractivity contribution in [3.8, 4) is 0 Å². The van der Waals surface area contributed by atoms with Crippen LogP contribution < -0.4 is 4.90 Å². The number of anilines is 1. The molecule has 2 aromatic rings. The summed E-state index contributed by atoms with van der Waals surface area (Å²) in [5.74, 6) is 0.804. The van der Waals surface area contributed by atoms with E-state index in [0.29, 0.717) is 0 Å². The molecule has 0 radical (unpaired) electrons. The van der Waals surface area contributed by atoms with Gasteiger partial charge < -0.3 is 4.90 Å². The van der Waals surface area contributed by atoms with Gasteiger partial charge in [-0.2, -0.15) is 0 Å². The Bertz CT molecular complexity index is 523. The zero-order chi connectivity index (χ0) is 11.1. The van der Waals surface area contributed by atoms with Gasteiger partial charge in [-0.05, 0) is 30.5 Å². The molecule has 0 unspecified atom stereocenters. The quantitative estimate of drug-likeness (QED) is 0.793. The largest absolute Gasteiger partial charge is 0.348 e. The van der Waals surface area contributed by atoms with Crippen molar-refractivity contribution in [2.24, 2.45) is 5.92 Å². The molecule has 3 rings (SSSR count). The van der Waals surface area contributed by atoms with Crippen molar-refractivity contribution in [1.29, 1.82) is 0 Å². The topological polar surface area (TPSA) is 16.1 Å². The minimum atomic E-state index is 0.804. The highest BCUT2D eigenvalue weighted by Gasteiger charge is 2.21. The van der Waals surface area contributed by atoms with Crippen LogP contribution in [0.5, 0.6) is 0 Å². The summed E-state index contributed by atoms with van der Waals surface area (Å²) in [7, 11) is 0. The molecule has 0 saturated carbocycles.